The number of hydrogen-bond donors (Lipinski definition) is 3. The molecule has 0 aromatic rings. The van der Waals surface area contributed by atoms with Crippen molar-refractivity contribution < 1.29 is 19.4 Å². The SMILES string of the molecule is C=C(C)COCCNC(=O)NCC1(C(=O)O)CC1. The normalized spacial score (nSPS) is 15.8. The number of rotatable bonds is 8. The molecule has 0 spiro atoms. The molecule has 0 aromatic carbocycles. The third-order valence-electron chi connectivity index (χ3n) is 2.77. The van der Waals surface area contributed by atoms with Gasteiger partial charge < -0.3 is 20.5 Å². The molecule has 1 saturated carbocycles. The van der Waals surface area contributed by atoms with Crippen LogP contribution in [-0.4, -0.2) is 43.4 Å². The van der Waals surface area contributed by atoms with Gasteiger partial charge in [0.2, 0.25) is 0 Å². The lowest BCUT2D eigenvalue weighted by Gasteiger charge is -2.12. The molecule has 0 bridgehead atoms. The van der Waals surface area contributed by atoms with E-state index >= 15 is 0 Å². The number of aliphatic carboxylic acids is 1. The van der Waals surface area contributed by atoms with Crippen LogP contribution in [0.5, 0.6) is 0 Å². The summed E-state index contributed by atoms with van der Waals surface area (Å²) in [7, 11) is 0. The summed E-state index contributed by atoms with van der Waals surface area (Å²) < 4.78 is 5.21. The van der Waals surface area contributed by atoms with Gasteiger partial charge in [0.15, 0.2) is 0 Å². The van der Waals surface area contributed by atoms with Crippen LogP contribution in [0.2, 0.25) is 0 Å². The van der Waals surface area contributed by atoms with Crippen molar-refractivity contribution in [3.05, 3.63) is 12.2 Å². The summed E-state index contributed by atoms with van der Waals surface area (Å²) in [5, 5.41) is 14.1. The lowest BCUT2D eigenvalue weighted by atomic mass is 10.1. The summed E-state index contributed by atoms with van der Waals surface area (Å²) in [6.07, 6.45) is 1.26. The van der Waals surface area contributed by atoms with Crippen LogP contribution in [0.4, 0.5) is 4.79 Å². The molecule has 1 fully saturated rings. The number of carbonyl (C=O) groups is 2. The lowest BCUT2D eigenvalue weighted by Crippen LogP contribution is -2.41. The summed E-state index contributed by atoms with van der Waals surface area (Å²) in [6, 6.07) is -0.360. The molecule has 0 aromatic heterocycles. The van der Waals surface area contributed by atoms with Crippen molar-refractivity contribution >= 4 is 12.0 Å². The molecule has 18 heavy (non-hydrogen) atoms. The quantitative estimate of drug-likeness (QED) is 0.441. The van der Waals surface area contributed by atoms with E-state index in [2.05, 4.69) is 17.2 Å². The van der Waals surface area contributed by atoms with Gasteiger partial charge in [0.25, 0.3) is 0 Å². The highest BCUT2D eigenvalue weighted by atomic mass is 16.5. The third kappa shape index (κ3) is 4.75. The molecule has 0 unspecified atom stereocenters. The smallest absolute Gasteiger partial charge is 0.314 e. The predicted molar refractivity (Wildman–Crippen MR) is 66.3 cm³/mol. The van der Waals surface area contributed by atoms with Crippen molar-refractivity contribution in [1.82, 2.24) is 10.6 Å². The van der Waals surface area contributed by atoms with Gasteiger partial charge in [-0.1, -0.05) is 12.2 Å². The fraction of sp³-hybridized carbons (Fsp3) is 0.667. The number of carboxylic acid groups (broad SMARTS) is 1. The molecule has 0 aliphatic heterocycles. The Kier molecular flexibility index (Phi) is 5.15. The highest BCUT2D eigenvalue weighted by molar-refractivity contribution is 5.80. The minimum absolute atomic E-state index is 0.181. The molecule has 6 heteroatoms. The van der Waals surface area contributed by atoms with Gasteiger partial charge in [-0.15, -0.1) is 0 Å². The predicted octanol–water partition coefficient (Wildman–Crippen LogP) is 0.743. The highest BCUT2D eigenvalue weighted by Gasteiger charge is 2.50. The Hall–Kier alpha value is -1.56. The summed E-state index contributed by atoms with van der Waals surface area (Å²) >= 11 is 0. The van der Waals surface area contributed by atoms with E-state index in [0.29, 0.717) is 32.6 Å². The molecule has 0 heterocycles. The molecule has 0 saturated heterocycles. The number of ether oxygens (including phenoxy) is 1. The molecule has 1 aliphatic carbocycles. The molecule has 1 rings (SSSR count). The van der Waals surface area contributed by atoms with Gasteiger partial charge in [-0.25, -0.2) is 4.79 Å². The van der Waals surface area contributed by atoms with Crippen molar-refractivity contribution in [2.45, 2.75) is 19.8 Å². The van der Waals surface area contributed by atoms with Gasteiger partial charge in [0, 0.05) is 13.1 Å². The molecule has 1 aliphatic rings. The maximum Gasteiger partial charge on any atom is 0.314 e. The van der Waals surface area contributed by atoms with Gasteiger partial charge in [-0.3, -0.25) is 4.79 Å². The molecular formula is C12H20N2O4. The van der Waals surface area contributed by atoms with Gasteiger partial charge in [-0.2, -0.15) is 0 Å². The van der Waals surface area contributed by atoms with E-state index in [9.17, 15) is 9.59 Å². The van der Waals surface area contributed by atoms with E-state index in [1.54, 1.807) is 0 Å². The zero-order valence-electron chi connectivity index (χ0n) is 10.6. The Morgan fingerprint density at radius 3 is 2.56 bits per heavy atom. The van der Waals surface area contributed by atoms with Gasteiger partial charge >= 0.3 is 12.0 Å². The van der Waals surface area contributed by atoms with E-state index in [4.69, 9.17) is 9.84 Å². The van der Waals surface area contributed by atoms with Crippen molar-refractivity contribution in [2.24, 2.45) is 5.41 Å². The molecule has 2 amide bonds. The number of carboxylic acids is 1. The van der Waals surface area contributed by atoms with E-state index in [-0.39, 0.29) is 12.6 Å². The Balaban J connectivity index is 2.04. The maximum absolute atomic E-state index is 11.3. The van der Waals surface area contributed by atoms with Crippen molar-refractivity contribution in [2.75, 3.05) is 26.3 Å². The Morgan fingerprint density at radius 1 is 1.39 bits per heavy atom. The summed E-state index contributed by atoms with van der Waals surface area (Å²) in [5.41, 5.74) is 0.199. The molecule has 102 valence electrons. The van der Waals surface area contributed by atoms with Crippen LogP contribution in [0.15, 0.2) is 12.2 Å². The second-order valence-electron chi connectivity index (χ2n) is 4.70. The van der Waals surface area contributed by atoms with Gasteiger partial charge in [0.1, 0.15) is 0 Å². The van der Waals surface area contributed by atoms with Crippen LogP contribution in [0.1, 0.15) is 19.8 Å². The number of hydrogen-bond acceptors (Lipinski definition) is 3. The first-order chi connectivity index (χ1) is 8.46. The second kappa shape index (κ2) is 6.39. The first kappa shape index (κ1) is 14.5. The topological polar surface area (TPSA) is 87.7 Å². The zero-order chi connectivity index (χ0) is 13.6. The van der Waals surface area contributed by atoms with Crippen LogP contribution >= 0.6 is 0 Å². The average molecular weight is 256 g/mol. The monoisotopic (exact) mass is 256 g/mol. The van der Waals surface area contributed by atoms with Crippen molar-refractivity contribution in [3.63, 3.8) is 0 Å². The maximum atomic E-state index is 11.3. The highest BCUT2D eigenvalue weighted by Crippen LogP contribution is 2.45. The lowest BCUT2D eigenvalue weighted by molar-refractivity contribution is -0.143. The molecule has 0 radical (unpaired) electrons. The molecule has 3 N–H and O–H groups in total. The number of amides is 2. The summed E-state index contributed by atoms with van der Waals surface area (Å²) in [4.78, 5) is 22.2. The van der Waals surface area contributed by atoms with E-state index < -0.39 is 11.4 Å². The molecular weight excluding hydrogens is 236 g/mol. The average Bonchev–Trinajstić information content (AvgIpc) is 3.06. The standard InChI is InChI=1S/C12H20N2O4/c1-9(2)7-18-6-5-13-11(17)14-8-12(3-4-12)10(15)16/h1,3-8H2,2H3,(H,15,16)(H2,13,14,17). The van der Waals surface area contributed by atoms with Gasteiger partial charge in [0.05, 0.1) is 18.6 Å². The van der Waals surface area contributed by atoms with Gasteiger partial charge in [-0.05, 0) is 19.8 Å². The van der Waals surface area contributed by atoms with E-state index in [1.165, 1.54) is 0 Å². The van der Waals surface area contributed by atoms with E-state index in [1.807, 2.05) is 6.92 Å². The number of carbonyl (C=O) groups excluding carboxylic acids is 1. The van der Waals surface area contributed by atoms with Crippen molar-refractivity contribution in [3.8, 4) is 0 Å². The van der Waals surface area contributed by atoms with Crippen molar-refractivity contribution in [1.29, 1.82) is 0 Å². The molecule has 6 nitrogen and oxygen atoms in total. The van der Waals surface area contributed by atoms with Crippen LogP contribution < -0.4 is 10.6 Å². The largest absolute Gasteiger partial charge is 0.481 e. The van der Waals surface area contributed by atoms with Crippen LogP contribution in [0.25, 0.3) is 0 Å². The first-order valence-corrected chi connectivity index (χ1v) is 5.93. The fourth-order valence-electron chi connectivity index (χ4n) is 1.41. The minimum atomic E-state index is -0.840. The Morgan fingerprint density at radius 2 is 2.06 bits per heavy atom. The van der Waals surface area contributed by atoms with Crippen LogP contribution in [-0.2, 0) is 9.53 Å². The third-order valence-corrected chi connectivity index (χ3v) is 2.77. The fourth-order valence-corrected chi connectivity index (χ4v) is 1.41. The Bertz CT molecular complexity index is 337. The minimum Gasteiger partial charge on any atom is -0.481 e. The Labute approximate surface area is 106 Å². The summed E-state index contributed by atoms with van der Waals surface area (Å²) in [5.74, 6) is -0.840. The first-order valence-electron chi connectivity index (χ1n) is 5.93. The number of urea groups is 1. The van der Waals surface area contributed by atoms with Crippen LogP contribution in [0.3, 0.4) is 0 Å². The molecule has 0 atom stereocenters. The van der Waals surface area contributed by atoms with Crippen LogP contribution in [0, 0.1) is 5.41 Å². The summed E-state index contributed by atoms with van der Waals surface area (Å²) in [6.45, 7) is 7.00. The number of nitrogens with one attached hydrogen (secondary N) is 2. The zero-order valence-corrected chi connectivity index (χ0v) is 10.6. The van der Waals surface area contributed by atoms with E-state index in [0.717, 1.165) is 5.57 Å². The second-order valence-corrected chi connectivity index (χ2v) is 4.70.